The van der Waals surface area contributed by atoms with Crippen LogP contribution in [0.1, 0.15) is 25.0 Å². The van der Waals surface area contributed by atoms with Gasteiger partial charge in [0.15, 0.2) is 0 Å². The first-order valence-corrected chi connectivity index (χ1v) is 9.85. The maximum absolute atomic E-state index is 12.3. The van der Waals surface area contributed by atoms with Crippen molar-refractivity contribution in [2.24, 2.45) is 0 Å². The molecule has 0 saturated heterocycles. The van der Waals surface area contributed by atoms with Crippen LogP contribution in [0.3, 0.4) is 0 Å². The molecule has 9 nitrogen and oxygen atoms in total. The monoisotopic (exact) mass is 402 g/mol. The van der Waals surface area contributed by atoms with Crippen molar-refractivity contribution in [2.75, 3.05) is 12.4 Å². The summed E-state index contributed by atoms with van der Waals surface area (Å²) in [7, 11) is 0. The Morgan fingerprint density at radius 3 is 2.82 bits per heavy atom. The second-order valence-corrected chi connectivity index (χ2v) is 7.31. The quantitative estimate of drug-likeness (QED) is 0.561. The van der Waals surface area contributed by atoms with Gasteiger partial charge in [0, 0.05) is 11.4 Å². The predicted octanol–water partition coefficient (Wildman–Crippen LogP) is 1.89. The molecule has 0 unspecified atom stereocenters. The summed E-state index contributed by atoms with van der Waals surface area (Å²) in [6, 6.07) is 5.16. The molecule has 148 valence electrons. The number of rotatable bonds is 6. The summed E-state index contributed by atoms with van der Waals surface area (Å²) in [5.74, 6) is -0.135. The van der Waals surface area contributed by atoms with Crippen molar-refractivity contribution in [3.63, 3.8) is 0 Å². The SMILES string of the molecule is CCOC(=O)C1=C(CSc2nnnn2-c2ccc(C)c(C)c2)NC(=O)N[C@@H]1C. The number of nitrogens with zero attached hydrogens (tertiary/aromatic N) is 4. The number of amides is 2. The Morgan fingerprint density at radius 2 is 2.11 bits per heavy atom. The van der Waals surface area contributed by atoms with E-state index in [1.807, 2.05) is 32.0 Å². The number of aryl methyl sites for hydroxylation is 2. The van der Waals surface area contributed by atoms with Gasteiger partial charge < -0.3 is 15.4 Å². The maximum atomic E-state index is 12.3. The van der Waals surface area contributed by atoms with Gasteiger partial charge in [-0.1, -0.05) is 17.8 Å². The molecule has 28 heavy (non-hydrogen) atoms. The molecule has 1 aliphatic heterocycles. The van der Waals surface area contributed by atoms with E-state index in [4.69, 9.17) is 4.74 Å². The molecule has 10 heteroatoms. The van der Waals surface area contributed by atoms with Crippen LogP contribution in [0.5, 0.6) is 0 Å². The van der Waals surface area contributed by atoms with Crippen molar-refractivity contribution in [2.45, 2.75) is 38.9 Å². The maximum Gasteiger partial charge on any atom is 0.337 e. The highest BCUT2D eigenvalue weighted by molar-refractivity contribution is 7.99. The molecule has 1 aliphatic rings. The lowest BCUT2D eigenvalue weighted by Crippen LogP contribution is -2.49. The highest BCUT2D eigenvalue weighted by Crippen LogP contribution is 2.24. The number of hydrogen-bond acceptors (Lipinski definition) is 7. The number of benzene rings is 1. The highest BCUT2D eigenvalue weighted by atomic mass is 32.2. The number of ether oxygens (including phenoxy) is 1. The van der Waals surface area contributed by atoms with Crippen molar-refractivity contribution < 1.29 is 14.3 Å². The van der Waals surface area contributed by atoms with E-state index < -0.39 is 12.0 Å². The Kier molecular flexibility index (Phi) is 5.98. The minimum Gasteiger partial charge on any atom is -0.463 e. The van der Waals surface area contributed by atoms with E-state index in [1.165, 1.54) is 17.3 Å². The second kappa shape index (κ2) is 8.42. The Labute approximate surface area is 166 Å². The van der Waals surface area contributed by atoms with Gasteiger partial charge >= 0.3 is 12.0 Å². The molecule has 1 atom stereocenters. The van der Waals surface area contributed by atoms with Crippen LogP contribution in [-0.4, -0.2) is 50.6 Å². The Balaban J connectivity index is 1.85. The van der Waals surface area contributed by atoms with Crippen LogP contribution in [0.4, 0.5) is 4.79 Å². The summed E-state index contributed by atoms with van der Waals surface area (Å²) < 4.78 is 6.76. The molecule has 0 spiro atoms. The molecule has 2 N–H and O–H groups in total. The molecule has 0 saturated carbocycles. The van der Waals surface area contributed by atoms with Crippen LogP contribution in [-0.2, 0) is 9.53 Å². The molecule has 2 heterocycles. The van der Waals surface area contributed by atoms with Gasteiger partial charge in [-0.2, -0.15) is 4.68 Å². The molecule has 0 aliphatic carbocycles. The van der Waals surface area contributed by atoms with Gasteiger partial charge in [-0.05, 0) is 61.4 Å². The number of tetrazole rings is 1. The standard InChI is InChI=1S/C18H22N6O3S/c1-5-27-16(25)15-12(4)19-17(26)20-14(15)9-28-18-21-22-23-24(18)13-7-6-10(2)11(3)8-13/h6-8,12H,5,9H2,1-4H3,(H2,19,20,26)/t12-/m1/s1. The molecule has 2 amide bonds. The Morgan fingerprint density at radius 1 is 1.32 bits per heavy atom. The van der Waals surface area contributed by atoms with Crippen LogP contribution in [0, 0.1) is 13.8 Å². The minimum atomic E-state index is -0.452. The molecule has 1 aromatic carbocycles. The molecular weight excluding hydrogens is 380 g/mol. The normalized spacial score (nSPS) is 16.6. The number of nitrogens with one attached hydrogen (secondary N) is 2. The Bertz CT molecular complexity index is 939. The zero-order valence-corrected chi connectivity index (χ0v) is 17.0. The van der Waals surface area contributed by atoms with Crippen molar-refractivity contribution in [1.29, 1.82) is 0 Å². The van der Waals surface area contributed by atoms with Gasteiger partial charge in [0.1, 0.15) is 0 Å². The van der Waals surface area contributed by atoms with Gasteiger partial charge in [0.25, 0.3) is 0 Å². The van der Waals surface area contributed by atoms with E-state index in [-0.39, 0.29) is 12.6 Å². The lowest BCUT2D eigenvalue weighted by molar-refractivity contribution is -0.138. The van der Waals surface area contributed by atoms with Gasteiger partial charge in [-0.3, -0.25) is 0 Å². The van der Waals surface area contributed by atoms with E-state index in [2.05, 4.69) is 26.2 Å². The van der Waals surface area contributed by atoms with Gasteiger partial charge in [-0.15, -0.1) is 5.10 Å². The van der Waals surface area contributed by atoms with E-state index in [9.17, 15) is 9.59 Å². The fourth-order valence-corrected chi connectivity index (χ4v) is 3.68. The van der Waals surface area contributed by atoms with Crippen molar-refractivity contribution in [1.82, 2.24) is 30.8 Å². The van der Waals surface area contributed by atoms with Gasteiger partial charge in [0.05, 0.1) is 23.9 Å². The number of urea groups is 1. The molecule has 0 radical (unpaired) electrons. The smallest absolute Gasteiger partial charge is 0.337 e. The van der Waals surface area contributed by atoms with Gasteiger partial charge in [0.2, 0.25) is 5.16 Å². The van der Waals surface area contributed by atoms with E-state index in [0.29, 0.717) is 22.2 Å². The van der Waals surface area contributed by atoms with Crippen molar-refractivity contribution in [3.8, 4) is 5.69 Å². The first-order chi connectivity index (χ1) is 13.4. The number of carbonyl (C=O) groups is 2. The summed E-state index contributed by atoms with van der Waals surface area (Å²) in [4.78, 5) is 24.2. The third-order valence-corrected chi connectivity index (χ3v) is 5.33. The zero-order chi connectivity index (χ0) is 20.3. The summed E-state index contributed by atoms with van der Waals surface area (Å²) in [5, 5.41) is 17.8. The number of thioether (sulfide) groups is 1. The number of esters is 1. The third-order valence-electron chi connectivity index (χ3n) is 4.39. The van der Waals surface area contributed by atoms with E-state index >= 15 is 0 Å². The summed E-state index contributed by atoms with van der Waals surface area (Å²) >= 11 is 1.33. The van der Waals surface area contributed by atoms with E-state index in [0.717, 1.165) is 11.3 Å². The number of hydrogen-bond donors (Lipinski definition) is 2. The van der Waals surface area contributed by atoms with Crippen molar-refractivity contribution in [3.05, 3.63) is 40.6 Å². The molecule has 3 rings (SSSR count). The lowest BCUT2D eigenvalue weighted by Gasteiger charge is -2.26. The topological polar surface area (TPSA) is 111 Å². The fraction of sp³-hybridized carbons (Fsp3) is 0.389. The fourth-order valence-electron chi connectivity index (χ4n) is 2.82. The third kappa shape index (κ3) is 4.16. The molecular formula is C18H22N6O3S. The minimum absolute atomic E-state index is 0.258. The average molecular weight is 402 g/mol. The number of aromatic nitrogens is 4. The van der Waals surface area contributed by atoms with Crippen LogP contribution in [0.25, 0.3) is 5.69 Å². The first kappa shape index (κ1) is 19.9. The van der Waals surface area contributed by atoms with E-state index in [1.54, 1.807) is 18.5 Å². The lowest BCUT2D eigenvalue weighted by atomic mass is 10.1. The van der Waals surface area contributed by atoms with Crippen LogP contribution < -0.4 is 10.6 Å². The number of carbonyl (C=O) groups excluding carboxylic acids is 2. The molecule has 1 aromatic heterocycles. The van der Waals surface area contributed by atoms with Crippen LogP contribution >= 0.6 is 11.8 Å². The van der Waals surface area contributed by atoms with Crippen LogP contribution in [0.2, 0.25) is 0 Å². The predicted molar refractivity (Wildman–Crippen MR) is 104 cm³/mol. The zero-order valence-electron chi connectivity index (χ0n) is 16.1. The second-order valence-electron chi connectivity index (χ2n) is 6.36. The Hall–Kier alpha value is -2.88. The molecule has 2 aromatic rings. The van der Waals surface area contributed by atoms with Crippen LogP contribution in [0.15, 0.2) is 34.6 Å². The average Bonchev–Trinajstić information content (AvgIpc) is 3.10. The largest absolute Gasteiger partial charge is 0.463 e. The summed E-state index contributed by atoms with van der Waals surface area (Å²) in [5.41, 5.74) is 4.06. The first-order valence-electron chi connectivity index (χ1n) is 8.87. The van der Waals surface area contributed by atoms with Gasteiger partial charge in [-0.25, -0.2) is 9.59 Å². The molecule has 0 bridgehead atoms. The summed E-state index contributed by atoms with van der Waals surface area (Å²) in [6.45, 7) is 7.81. The molecule has 0 fully saturated rings. The highest BCUT2D eigenvalue weighted by Gasteiger charge is 2.30. The van der Waals surface area contributed by atoms with Crippen molar-refractivity contribution >= 4 is 23.8 Å². The summed E-state index contributed by atoms with van der Waals surface area (Å²) in [6.07, 6.45) is 0.